The maximum absolute atomic E-state index is 5.86. The second-order valence-electron chi connectivity index (χ2n) is 5.19. The van der Waals surface area contributed by atoms with E-state index in [1.807, 2.05) is 6.07 Å². The lowest BCUT2D eigenvalue weighted by Crippen LogP contribution is -2.33. The molecule has 0 saturated carbocycles. The summed E-state index contributed by atoms with van der Waals surface area (Å²) >= 11 is 1.75. The molecule has 2 heterocycles. The molecule has 23 heavy (non-hydrogen) atoms. The highest BCUT2D eigenvalue weighted by Gasteiger charge is 2.12. The largest absolute Gasteiger partial charge is 0.370 e. The third-order valence-corrected chi connectivity index (χ3v) is 4.58. The van der Waals surface area contributed by atoms with Crippen LogP contribution >= 0.6 is 35.3 Å². The van der Waals surface area contributed by atoms with E-state index in [1.165, 1.54) is 4.88 Å². The fourth-order valence-corrected chi connectivity index (χ4v) is 3.00. The number of hydrogen-bond acceptors (Lipinski definition) is 4. The van der Waals surface area contributed by atoms with Crippen molar-refractivity contribution in [1.29, 1.82) is 0 Å². The van der Waals surface area contributed by atoms with Gasteiger partial charge < -0.3 is 15.6 Å². The van der Waals surface area contributed by atoms with E-state index < -0.39 is 0 Å². The first kappa shape index (κ1) is 20.0. The molecular formula is C16H25IN4OS. The molecule has 0 aliphatic heterocycles. The van der Waals surface area contributed by atoms with Crippen molar-refractivity contribution >= 4 is 41.3 Å². The molecule has 2 aromatic rings. The number of nitrogens with one attached hydrogen (secondary N) is 1. The molecular weight excluding hydrogens is 423 g/mol. The van der Waals surface area contributed by atoms with Crippen LogP contribution in [0, 0.1) is 0 Å². The Morgan fingerprint density at radius 2 is 2.22 bits per heavy atom. The maximum Gasteiger partial charge on any atom is 0.189 e. The first-order chi connectivity index (χ1) is 10.7. The smallest absolute Gasteiger partial charge is 0.189 e. The minimum Gasteiger partial charge on any atom is -0.370 e. The highest BCUT2D eigenvalue weighted by Crippen LogP contribution is 2.22. The molecule has 0 fully saturated rings. The highest BCUT2D eigenvalue weighted by atomic mass is 127. The van der Waals surface area contributed by atoms with Gasteiger partial charge in [0.2, 0.25) is 0 Å². The van der Waals surface area contributed by atoms with Gasteiger partial charge in [-0.25, -0.2) is 4.99 Å². The average molecular weight is 448 g/mol. The molecule has 2 rings (SSSR count). The predicted molar refractivity (Wildman–Crippen MR) is 107 cm³/mol. The molecule has 128 valence electrons. The standard InChI is InChI=1S/C16H24N4OS.HI/c1-3-12(4-2)15-10-13(21-20-15)11-19-16(17)18-8-7-14-6-5-9-22-14;/h5-6,9-10,12H,3-4,7-8,11H2,1-2H3,(H3,17,18,19);1H. The maximum atomic E-state index is 5.86. The fourth-order valence-electron chi connectivity index (χ4n) is 2.29. The second-order valence-corrected chi connectivity index (χ2v) is 6.22. The van der Waals surface area contributed by atoms with Gasteiger partial charge in [-0.1, -0.05) is 25.1 Å². The molecule has 7 heteroatoms. The van der Waals surface area contributed by atoms with E-state index in [1.54, 1.807) is 11.3 Å². The van der Waals surface area contributed by atoms with Crippen LogP contribution in [0.4, 0.5) is 0 Å². The summed E-state index contributed by atoms with van der Waals surface area (Å²) in [7, 11) is 0. The third-order valence-electron chi connectivity index (χ3n) is 3.64. The number of thiophene rings is 1. The van der Waals surface area contributed by atoms with Crippen molar-refractivity contribution in [3.63, 3.8) is 0 Å². The number of nitrogens with two attached hydrogens (primary N) is 1. The molecule has 0 unspecified atom stereocenters. The Balaban J connectivity index is 0.00000264. The van der Waals surface area contributed by atoms with Gasteiger partial charge in [0.15, 0.2) is 11.7 Å². The van der Waals surface area contributed by atoms with E-state index in [2.05, 4.69) is 46.8 Å². The molecule has 0 aromatic carbocycles. The Bertz CT molecular complexity index is 579. The van der Waals surface area contributed by atoms with Crippen LogP contribution in [0.15, 0.2) is 33.1 Å². The van der Waals surface area contributed by atoms with Gasteiger partial charge in [-0.3, -0.25) is 0 Å². The number of guanidine groups is 1. The van der Waals surface area contributed by atoms with Crippen LogP contribution < -0.4 is 11.1 Å². The van der Waals surface area contributed by atoms with Gasteiger partial charge in [0.1, 0.15) is 6.54 Å². The minimum atomic E-state index is 0. The Morgan fingerprint density at radius 1 is 1.43 bits per heavy atom. The van der Waals surface area contributed by atoms with Crippen LogP contribution in [-0.4, -0.2) is 17.7 Å². The van der Waals surface area contributed by atoms with Crippen LogP contribution in [0.2, 0.25) is 0 Å². The summed E-state index contributed by atoms with van der Waals surface area (Å²) in [6.45, 7) is 5.53. The van der Waals surface area contributed by atoms with Crippen LogP contribution in [0.25, 0.3) is 0 Å². The van der Waals surface area contributed by atoms with Gasteiger partial charge in [0, 0.05) is 23.4 Å². The molecule has 0 aliphatic carbocycles. The Hall–Kier alpha value is -1.09. The lowest BCUT2D eigenvalue weighted by Gasteiger charge is -2.05. The SMILES string of the molecule is CCC(CC)c1cc(CN=C(N)NCCc2cccs2)on1.I. The lowest BCUT2D eigenvalue weighted by atomic mass is 9.99. The molecule has 0 saturated heterocycles. The number of rotatable bonds is 8. The molecule has 0 bridgehead atoms. The van der Waals surface area contributed by atoms with Crippen molar-refractivity contribution in [2.24, 2.45) is 10.7 Å². The lowest BCUT2D eigenvalue weighted by molar-refractivity contribution is 0.372. The zero-order valence-electron chi connectivity index (χ0n) is 13.6. The van der Waals surface area contributed by atoms with E-state index in [0.29, 0.717) is 18.4 Å². The third kappa shape index (κ3) is 6.50. The first-order valence-electron chi connectivity index (χ1n) is 7.74. The summed E-state index contributed by atoms with van der Waals surface area (Å²) in [5, 5.41) is 9.32. The van der Waals surface area contributed by atoms with Crippen LogP contribution in [0.1, 0.15) is 48.9 Å². The van der Waals surface area contributed by atoms with Crippen LogP contribution in [-0.2, 0) is 13.0 Å². The summed E-state index contributed by atoms with van der Waals surface area (Å²) in [4.78, 5) is 5.63. The van der Waals surface area contributed by atoms with Crippen molar-refractivity contribution in [2.75, 3.05) is 6.54 Å². The first-order valence-corrected chi connectivity index (χ1v) is 8.62. The van der Waals surface area contributed by atoms with Crippen molar-refractivity contribution in [2.45, 2.75) is 45.6 Å². The molecule has 3 N–H and O–H groups in total. The van der Waals surface area contributed by atoms with Gasteiger partial charge in [-0.05, 0) is 30.7 Å². The summed E-state index contributed by atoms with van der Waals surface area (Å²) in [5.41, 5.74) is 6.87. The van der Waals surface area contributed by atoms with Gasteiger partial charge in [0.25, 0.3) is 0 Å². The topological polar surface area (TPSA) is 76.4 Å². The summed E-state index contributed by atoms with van der Waals surface area (Å²) in [5.74, 6) is 1.66. The fraction of sp³-hybridized carbons (Fsp3) is 0.500. The van der Waals surface area contributed by atoms with Gasteiger partial charge in [-0.15, -0.1) is 35.3 Å². The van der Waals surface area contributed by atoms with E-state index in [0.717, 1.165) is 37.3 Å². The molecule has 2 aromatic heterocycles. The van der Waals surface area contributed by atoms with Crippen molar-refractivity contribution in [3.05, 3.63) is 39.9 Å². The van der Waals surface area contributed by atoms with E-state index in [9.17, 15) is 0 Å². The summed E-state index contributed by atoms with van der Waals surface area (Å²) < 4.78 is 5.32. The normalized spacial score (nSPS) is 11.5. The highest BCUT2D eigenvalue weighted by molar-refractivity contribution is 14.0. The Kier molecular flexibility index (Phi) is 9.23. The monoisotopic (exact) mass is 448 g/mol. The van der Waals surface area contributed by atoms with E-state index in [-0.39, 0.29) is 24.0 Å². The number of nitrogens with zero attached hydrogens (tertiary/aromatic N) is 2. The van der Waals surface area contributed by atoms with Crippen LogP contribution in [0.5, 0.6) is 0 Å². The summed E-state index contributed by atoms with van der Waals surface area (Å²) in [6, 6.07) is 6.16. The molecule has 0 radical (unpaired) electrons. The van der Waals surface area contributed by atoms with Crippen molar-refractivity contribution < 1.29 is 4.52 Å². The zero-order valence-corrected chi connectivity index (χ0v) is 16.8. The Labute approximate surface area is 158 Å². The number of aliphatic imine (C=N–C) groups is 1. The Morgan fingerprint density at radius 3 is 2.87 bits per heavy atom. The quantitative estimate of drug-likeness (QED) is 0.365. The average Bonchev–Trinajstić information content (AvgIpc) is 3.18. The molecule has 5 nitrogen and oxygen atoms in total. The number of hydrogen-bond donors (Lipinski definition) is 2. The molecule has 0 spiro atoms. The minimum absolute atomic E-state index is 0. The van der Waals surface area contributed by atoms with E-state index in [4.69, 9.17) is 10.3 Å². The molecule has 0 atom stereocenters. The zero-order chi connectivity index (χ0) is 15.8. The summed E-state index contributed by atoms with van der Waals surface area (Å²) in [6.07, 6.45) is 3.09. The number of aromatic nitrogens is 1. The predicted octanol–water partition coefficient (Wildman–Crippen LogP) is 3.90. The molecule has 0 amide bonds. The number of halogens is 1. The van der Waals surface area contributed by atoms with E-state index >= 15 is 0 Å². The van der Waals surface area contributed by atoms with Gasteiger partial charge in [-0.2, -0.15) is 0 Å². The van der Waals surface area contributed by atoms with Crippen LogP contribution in [0.3, 0.4) is 0 Å². The van der Waals surface area contributed by atoms with Gasteiger partial charge >= 0.3 is 0 Å². The van der Waals surface area contributed by atoms with Gasteiger partial charge in [0.05, 0.1) is 5.69 Å². The van der Waals surface area contributed by atoms with Crippen molar-refractivity contribution in [3.8, 4) is 0 Å². The molecule has 0 aliphatic rings. The second kappa shape index (κ2) is 10.6. The van der Waals surface area contributed by atoms with Crippen molar-refractivity contribution in [1.82, 2.24) is 10.5 Å².